The summed E-state index contributed by atoms with van der Waals surface area (Å²) in [7, 11) is 2.23. The Hall–Kier alpha value is -0.120. The molecule has 0 aromatic rings. The minimum absolute atomic E-state index is 0.349. The van der Waals surface area contributed by atoms with Gasteiger partial charge in [-0.3, -0.25) is 0 Å². The lowest BCUT2D eigenvalue weighted by Crippen LogP contribution is -2.44. The molecule has 0 radical (unpaired) electrons. The Kier molecular flexibility index (Phi) is 8.67. The van der Waals surface area contributed by atoms with Crippen molar-refractivity contribution in [3.05, 3.63) is 0 Å². The van der Waals surface area contributed by atoms with Crippen LogP contribution in [-0.4, -0.2) is 50.3 Å². The summed E-state index contributed by atoms with van der Waals surface area (Å²) < 4.78 is 5.64. The van der Waals surface area contributed by atoms with Crippen LogP contribution in [0.2, 0.25) is 0 Å². The van der Waals surface area contributed by atoms with E-state index in [9.17, 15) is 0 Å². The summed E-state index contributed by atoms with van der Waals surface area (Å²) in [6.45, 7) is 10.7. The lowest BCUT2D eigenvalue weighted by molar-refractivity contribution is 0.0582. The third-order valence-corrected chi connectivity index (χ3v) is 4.04. The first-order valence-electron chi connectivity index (χ1n) is 8.17. The highest BCUT2D eigenvalue weighted by Crippen LogP contribution is 2.25. The summed E-state index contributed by atoms with van der Waals surface area (Å²) in [4.78, 5) is 2.44. The standard InChI is InChI=1S/C16H34N2O/c1-5-10-17-16-9-7-6-8-15(16)13-18(4)11-12-19-14(2)3/h14-17H,5-13H2,1-4H3. The van der Waals surface area contributed by atoms with Crippen molar-refractivity contribution in [2.75, 3.05) is 33.3 Å². The van der Waals surface area contributed by atoms with Crippen molar-refractivity contribution < 1.29 is 4.74 Å². The fourth-order valence-electron chi connectivity index (χ4n) is 2.96. The third-order valence-electron chi connectivity index (χ3n) is 4.04. The third kappa shape index (κ3) is 7.28. The van der Waals surface area contributed by atoms with Crippen molar-refractivity contribution in [1.82, 2.24) is 10.2 Å². The van der Waals surface area contributed by atoms with Crippen LogP contribution in [0, 0.1) is 5.92 Å². The molecule has 0 amide bonds. The van der Waals surface area contributed by atoms with E-state index in [1.807, 2.05) is 0 Å². The molecule has 1 N–H and O–H groups in total. The molecular formula is C16H34N2O. The van der Waals surface area contributed by atoms with E-state index in [1.54, 1.807) is 0 Å². The Morgan fingerprint density at radius 2 is 2.00 bits per heavy atom. The molecule has 0 aromatic heterocycles. The molecule has 3 heteroatoms. The number of hydrogen-bond acceptors (Lipinski definition) is 3. The van der Waals surface area contributed by atoms with Gasteiger partial charge in [-0.15, -0.1) is 0 Å². The molecule has 2 atom stereocenters. The molecule has 0 aromatic carbocycles. The van der Waals surface area contributed by atoms with E-state index in [1.165, 1.54) is 45.2 Å². The topological polar surface area (TPSA) is 24.5 Å². The minimum Gasteiger partial charge on any atom is -0.377 e. The maximum atomic E-state index is 5.64. The van der Waals surface area contributed by atoms with Gasteiger partial charge in [0, 0.05) is 19.1 Å². The Labute approximate surface area is 120 Å². The van der Waals surface area contributed by atoms with Crippen LogP contribution in [0.25, 0.3) is 0 Å². The van der Waals surface area contributed by atoms with Crippen LogP contribution in [-0.2, 0) is 4.74 Å². The van der Waals surface area contributed by atoms with Crippen LogP contribution in [0.3, 0.4) is 0 Å². The number of nitrogens with zero attached hydrogens (tertiary/aromatic N) is 1. The van der Waals surface area contributed by atoms with Gasteiger partial charge in [-0.05, 0) is 52.6 Å². The van der Waals surface area contributed by atoms with E-state index in [0.29, 0.717) is 6.10 Å². The molecule has 0 heterocycles. The van der Waals surface area contributed by atoms with Crippen LogP contribution in [0.1, 0.15) is 52.9 Å². The second-order valence-corrected chi connectivity index (χ2v) is 6.29. The molecule has 114 valence electrons. The first-order chi connectivity index (χ1) is 9.13. The number of hydrogen-bond donors (Lipinski definition) is 1. The molecule has 3 nitrogen and oxygen atoms in total. The first kappa shape index (κ1) is 16.9. The Balaban J connectivity index is 2.26. The van der Waals surface area contributed by atoms with Gasteiger partial charge in [-0.1, -0.05) is 19.8 Å². The molecule has 0 saturated heterocycles. The van der Waals surface area contributed by atoms with Crippen molar-refractivity contribution in [3.63, 3.8) is 0 Å². The zero-order chi connectivity index (χ0) is 14.1. The smallest absolute Gasteiger partial charge is 0.0596 e. The Bertz CT molecular complexity index is 221. The molecule has 0 bridgehead atoms. The van der Waals surface area contributed by atoms with Gasteiger partial charge in [0.15, 0.2) is 0 Å². The average molecular weight is 270 g/mol. The maximum absolute atomic E-state index is 5.64. The SMILES string of the molecule is CCCNC1CCCCC1CN(C)CCOC(C)C. The normalized spacial score (nSPS) is 24.3. The highest BCUT2D eigenvalue weighted by molar-refractivity contribution is 4.82. The Morgan fingerprint density at radius 1 is 1.26 bits per heavy atom. The first-order valence-corrected chi connectivity index (χ1v) is 8.17. The van der Waals surface area contributed by atoms with E-state index >= 15 is 0 Å². The van der Waals surface area contributed by atoms with E-state index in [4.69, 9.17) is 4.74 Å². The van der Waals surface area contributed by atoms with Crippen molar-refractivity contribution in [2.45, 2.75) is 65.0 Å². The van der Waals surface area contributed by atoms with Crippen LogP contribution in [0.5, 0.6) is 0 Å². The molecule has 0 spiro atoms. The molecular weight excluding hydrogens is 236 g/mol. The van der Waals surface area contributed by atoms with Gasteiger partial charge in [-0.2, -0.15) is 0 Å². The fraction of sp³-hybridized carbons (Fsp3) is 1.00. The van der Waals surface area contributed by atoms with Crippen molar-refractivity contribution in [1.29, 1.82) is 0 Å². The summed E-state index contributed by atoms with van der Waals surface area (Å²) >= 11 is 0. The monoisotopic (exact) mass is 270 g/mol. The molecule has 1 rings (SSSR count). The van der Waals surface area contributed by atoms with Crippen molar-refractivity contribution in [3.8, 4) is 0 Å². The second kappa shape index (κ2) is 9.73. The highest BCUT2D eigenvalue weighted by atomic mass is 16.5. The van der Waals surface area contributed by atoms with Crippen LogP contribution >= 0.6 is 0 Å². The van der Waals surface area contributed by atoms with Crippen LogP contribution in [0.4, 0.5) is 0 Å². The van der Waals surface area contributed by atoms with E-state index in [0.717, 1.165) is 25.1 Å². The molecule has 19 heavy (non-hydrogen) atoms. The second-order valence-electron chi connectivity index (χ2n) is 6.29. The predicted octanol–water partition coefficient (Wildman–Crippen LogP) is 2.90. The highest BCUT2D eigenvalue weighted by Gasteiger charge is 2.25. The molecule has 1 saturated carbocycles. The lowest BCUT2D eigenvalue weighted by atomic mass is 9.84. The largest absolute Gasteiger partial charge is 0.377 e. The quantitative estimate of drug-likeness (QED) is 0.697. The number of rotatable bonds is 9. The van der Waals surface area contributed by atoms with Crippen LogP contribution in [0.15, 0.2) is 0 Å². The van der Waals surface area contributed by atoms with Gasteiger partial charge in [0.25, 0.3) is 0 Å². The summed E-state index contributed by atoms with van der Waals surface area (Å²) in [6.07, 6.45) is 7.14. The lowest BCUT2D eigenvalue weighted by Gasteiger charge is -2.35. The average Bonchev–Trinajstić information content (AvgIpc) is 2.37. The summed E-state index contributed by atoms with van der Waals surface area (Å²) in [5.74, 6) is 0.823. The fourth-order valence-corrected chi connectivity index (χ4v) is 2.96. The number of nitrogens with one attached hydrogen (secondary N) is 1. The molecule has 0 aliphatic heterocycles. The van der Waals surface area contributed by atoms with E-state index < -0.39 is 0 Å². The summed E-state index contributed by atoms with van der Waals surface area (Å²) in [5.41, 5.74) is 0. The van der Waals surface area contributed by atoms with Gasteiger partial charge in [0.05, 0.1) is 12.7 Å². The molecule has 1 fully saturated rings. The van der Waals surface area contributed by atoms with Gasteiger partial charge < -0.3 is 15.0 Å². The van der Waals surface area contributed by atoms with E-state index in [-0.39, 0.29) is 0 Å². The zero-order valence-electron chi connectivity index (χ0n) is 13.5. The van der Waals surface area contributed by atoms with E-state index in [2.05, 4.69) is 38.0 Å². The van der Waals surface area contributed by atoms with Gasteiger partial charge >= 0.3 is 0 Å². The predicted molar refractivity (Wildman–Crippen MR) is 82.6 cm³/mol. The molecule has 1 aliphatic rings. The van der Waals surface area contributed by atoms with Crippen molar-refractivity contribution in [2.24, 2.45) is 5.92 Å². The van der Waals surface area contributed by atoms with Crippen LogP contribution < -0.4 is 5.32 Å². The molecule has 2 unspecified atom stereocenters. The Morgan fingerprint density at radius 3 is 2.68 bits per heavy atom. The summed E-state index contributed by atoms with van der Waals surface area (Å²) in [5, 5.41) is 3.74. The number of ether oxygens (including phenoxy) is 1. The maximum Gasteiger partial charge on any atom is 0.0596 e. The van der Waals surface area contributed by atoms with Gasteiger partial charge in [0.2, 0.25) is 0 Å². The van der Waals surface area contributed by atoms with Gasteiger partial charge in [-0.25, -0.2) is 0 Å². The van der Waals surface area contributed by atoms with Gasteiger partial charge in [0.1, 0.15) is 0 Å². The zero-order valence-corrected chi connectivity index (χ0v) is 13.5. The van der Waals surface area contributed by atoms with Crippen molar-refractivity contribution >= 4 is 0 Å². The molecule has 1 aliphatic carbocycles. The summed E-state index contributed by atoms with van der Waals surface area (Å²) in [6, 6.07) is 0.738. The number of likely N-dealkylation sites (N-methyl/N-ethyl adjacent to an activating group) is 1. The minimum atomic E-state index is 0.349.